The average Bonchev–Trinajstić information content (AvgIpc) is 2.51. The number of ether oxygens (including phenoxy) is 1. The van der Waals surface area contributed by atoms with Gasteiger partial charge in [0.1, 0.15) is 0 Å². The highest BCUT2D eigenvalue weighted by Gasteiger charge is 2.33. The van der Waals surface area contributed by atoms with E-state index in [4.69, 9.17) is 10.5 Å². The van der Waals surface area contributed by atoms with Crippen LogP contribution in [0.1, 0.15) is 34.1 Å². The summed E-state index contributed by atoms with van der Waals surface area (Å²) in [5.41, 5.74) is 5.78. The van der Waals surface area contributed by atoms with Crippen LogP contribution in [-0.4, -0.2) is 53.3 Å². The minimum absolute atomic E-state index is 0.0342. The van der Waals surface area contributed by atoms with Crippen LogP contribution in [0.5, 0.6) is 0 Å². The number of hydrogen-bond acceptors (Lipinski definition) is 8. The lowest BCUT2D eigenvalue weighted by molar-refractivity contribution is -0.383. The molecule has 0 radical (unpaired) electrons. The van der Waals surface area contributed by atoms with Crippen molar-refractivity contribution < 1.29 is 9.66 Å². The molecular formula is C17H28N6O3. The molecule has 3 heterocycles. The molecule has 1 aromatic heterocycles. The second-order valence-electron chi connectivity index (χ2n) is 7.85. The molecule has 0 unspecified atom stereocenters. The number of hydrogen-bond donors (Lipinski definition) is 1. The zero-order valence-electron chi connectivity index (χ0n) is 15.9. The summed E-state index contributed by atoms with van der Waals surface area (Å²) in [6.07, 6.45) is 1.09. The number of piperidine rings is 1. The van der Waals surface area contributed by atoms with E-state index in [9.17, 15) is 10.1 Å². The van der Waals surface area contributed by atoms with Crippen molar-refractivity contribution in [3.8, 4) is 0 Å². The summed E-state index contributed by atoms with van der Waals surface area (Å²) in [5, 5.41) is 11.6. The molecule has 2 saturated heterocycles. The minimum atomic E-state index is -0.485. The van der Waals surface area contributed by atoms with Gasteiger partial charge in [-0.05, 0) is 32.1 Å². The molecule has 0 aliphatic carbocycles. The smallest absolute Gasteiger partial charge is 0.353 e. The molecular weight excluding hydrogens is 336 g/mol. The third kappa shape index (κ3) is 3.82. The Bertz CT molecular complexity index is 665. The van der Waals surface area contributed by atoms with E-state index < -0.39 is 4.92 Å². The average molecular weight is 364 g/mol. The molecule has 2 N–H and O–H groups in total. The van der Waals surface area contributed by atoms with Gasteiger partial charge in [-0.25, -0.2) is 0 Å². The first-order chi connectivity index (χ1) is 12.2. The van der Waals surface area contributed by atoms with Crippen LogP contribution >= 0.6 is 0 Å². The SMILES string of the molecule is C[C@@H]1C[C@H](C)CN(c2nc(N)c([N+](=O)[O-])c(N3C[C@@H](C)O[C@@H](C)C3)n2)C1. The maximum Gasteiger partial charge on any atom is 0.353 e. The van der Waals surface area contributed by atoms with Crippen LogP contribution < -0.4 is 15.5 Å². The topological polar surface area (TPSA) is 111 Å². The van der Waals surface area contributed by atoms with E-state index in [1.165, 1.54) is 0 Å². The molecule has 1 aromatic rings. The predicted octanol–water partition coefficient (Wildman–Crippen LogP) is 2.06. The van der Waals surface area contributed by atoms with E-state index in [2.05, 4.69) is 28.7 Å². The van der Waals surface area contributed by atoms with E-state index in [1.54, 1.807) is 0 Å². The largest absolute Gasteiger partial charge is 0.378 e. The Balaban J connectivity index is 2.01. The Morgan fingerprint density at radius 1 is 1.04 bits per heavy atom. The lowest BCUT2D eigenvalue weighted by Crippen LogP contribution is -2.46. The summed E-state index contributed by atoms with van der Waals surface area (Å²) in [4.78, 5) is 24.0. The third-order valence-electron chi connectivity index (χ3n) is 4.93. The number of rotatable bonds is 3. The molecule has 9 heteroatoms. The summed E-state index contributed by atoms with van der Waals surface area (Å²) in [5.74, 6) is 1.74. The van der Waals surface area contributed by atoms with Crippen molar-refractivity contribution in [1.82, 2.24) is 9.97 Å². The van der Waals surface area contributed by atoms with Crippen LogP contribution in [0.4, 0.5) is 23.3 Å². The lowest BCUT2D eigenvalue weighted by atomic mass is 9.92. The maximum atomic E-state index is 11.6. The summed E-state index contributed by atoms with van der Waals surface area (Å²) in [6, 6.07) is 0. The number of anilines is 3. The van der Waals surface area contributed by atoms with Crippen LogP contribution in [0.25, 0.3) is 0 Å². The van der Waals surface area contributed by atoms with E-state index >= 15 is 0 Å². The van der Waals surface area contributed by atoms with Crippen molar-refractivity contribution in [2.24, 2.45) is 11.8 Å². The quantitative estimate of drug-likeness (QED) is 0.641. The van der Waals surface area contributed by atoms with Gasteiger partial charge >= 0.3 is 5.69 Å². The van der Waals surface area contributed by atoms with Gasteiger partial charge in [0, 0.05) is 26.2 Å². The van der Waals surface area contributed by atoms with Crippen molar-refractivity contribution in [2.45, 2.75) is 46.3 Å². The van der Waals surface area contributed by atoms with E-state index in [0.717, 1.165) is 19.5 Å². The van der Waals surface area contributed by atoms with Gasteiger partial charge in [-0.15, -0.1) is 0 Å². The molecule has 0 saturated carbocycles. The Kier molecular flexibility index (Phi) is 5.17. The summed E-state index contributed by atoms with van der Waals surface area (Å²) in [6.45, 7) is 11.0. The number of morpholine rings is 1. The van der Waals surface area contributed by atoms with Crippen molar-refractivity contribution in [1.29, 1.82) is 0 Å². The van der Waals surface area contributed by atoms with E-state index in [-0.39, 0.29) is 23.7 Å². The molecule has 0 bridgehead atoms. The first-order valence-electron chi connectivity index (χ1n) is 9.21. The highest BCUT2D eigenvalue weighted by molar-refractivity contribution is 5.71. The molecule has 2 aliphatic rings. The Morgan fingerprint density at radius 3 is 2.15 bits per heavy atom. The van der Waals surface area contributed by atoms with Crippen LogP contribution in [-0.2, 0) is 4.74 Å². The summed E-state index contributed by atoms with van der Waals surface area (Å²) in [7, 11) is 0. The van der Waals surface area contributed by atoms with Crippen molar-refractivity contribution in [2.75, 3.05) is 41.7 Å². The lowest BCUT2D eigenvalue weighted by Gasteiger charge is -2.37. The second-order valence-corrected chi connectivity index (χ2v) is 7.85. The first-order valence-corrected chi connectivity index (χ1v) is 9.21. The fourth-order valence-electron chi connectivity index (χ4n) is 4.16. The molecule has 9 nitrogen and oxygen atoms in total. The molecule has 0 spiro atoms. The maximum absolute atomic E-state index is 11.6. The third-order valence-corrected chi connectivity index (χ3v) is 4.93. The number of nitro groups is 1. The fraction of sp³-hybridized carbons (Fsp3) is 0.765. The van der Waals surface area contributed by atoms with Gasteiger partial charge < -0.3 is 20.3 Å². The Morgan fingerprint density at radius 2 is 1.62 bits per heavy atom. The minimum Gasteiger partial charge on any atom is -0.378 e. The second kappa shape index (κ2) is 7.22. The van der Waals surface area contributed by atoms with Gasteiger partial charge in [-0.1, -0.05) is 13.8 Å². The summed E-state index contributed by atoms with van der Waals surface area (Å²) < 4.78 is 5.75. The van der Waals surface area contributed by atoms with E-state index in [1.807, 2.05) is 18.7 Å². The van der Waals surface area contributed by atoms with Gasteiger partial charge in [0.2, 0.25) is 17.6 Å². The molecule has 26 heavy (non-hydrogen) atoms. The Hall–Kier alpha value is -2.16. The molecule has 4 atom stereocenters. The summed E-state index contributed by atoms with van der Waals surface area (Å²) >= 11 is 0. The van der Waals surface area contributed by atoms with Gasteiger partial charge in [-0.3, -0.25) is 10.1 Å². The first kappa shape index (κ1) is 18.6. The molecule has 144 valence electrons. The van der Waals surface area contributed by atoms with Crippen molar-refractivity contribution in [3.05, 3.63) is 10.1 Å². The molecule has 0 amide bonds. The van der Waals surface area contributed by atoms with Crippen LogP contribution in [0.15, 0.2) is 0 Å². The van der Waals surface area contributed by atoms with Crippen LogP contribution in [0, 0.1) is 22.0 Å². The van der Waals surface area contributed by atoms with Crippen LogP contribution in [0.3, 0.4) is 0 Å². The van der Waals surface area contributed by atoms with E-state index in [0.29, 0.717) is 36.7 Å². The van der Waals surface area contributed by atoms with Gasteiger partial charge in [-0.2, -0.15) is 9.97 Å². The molecule has 0 aromatic carbocycles. The van der Waals surface area contributed by atoms with Crippen molar-refractivity contribution >= 4 is 23.3 Å². The highest BCUT2D eigenvalue weighted by Crippen LogP contribution is 2.35. The van der Waals surface area contributed by atoms with Gasteiger partial charge in [0.05, 0.1) is 17.1 Å². The predicted molar refractivity (Wildman–Crippen MR) is 100 cm³/mol. The number of nitrogens with two attached hydrogens (primary N) is 1. The van der Waals surface area contributed by atoms with Crippen molar-refractivity contribution in [3.63, 3.8) is 0 Å². The zero-order chi connectivity index (χ0) is 19.0. The van der Waals surface area contributed by atoms with Gasteiger partial charge in [0.25, 0.3) is 0 Å². The molecule has 2 fully saturated rings. The Labute approximate surface area is 153 Å². The standard InChI is InChI=1S/C17H28N6O3/c1-10-5-11(2)7-22(6-10)17-19-15(18)14(23(24)25)16(20-17)21-8-12(3)26-13(4)9-21/h10-13H,5-9H2,1-4H3,(H2,18,19,20)/t10-,11+,12-,13+. The normalized spacial score (nSPS) is 29.7. The number of nitrogens with zero attached hydrogens (tertiary/aromatic N) is 5. The highest BCUT2D eigenvalue weighted by atomic mass is 16.6. The molecule has 2 aliphatic heterocycles. The monoisotopic (exact) mass is 364 g/mol. The number of nitrogen functional groups attached to an aromatic ring is 1. The number of aromatic nitrogens is 2. The van der Waals surface area contributed by atoms with Crippen LogP contribution in [0.2, 0.25) is 0 Å². The zero-order valence-corrected chi connectivity index (χ0v) is 15.9. The van der Waals surface area contributed by atoms with Gasteiger partial charge in [0.15, 0.2) is 0 Å². The fourth-order valence-corrected chi connectivity index (χ4v) is 4.16. The molecule has 3 rings (SSSR count).